The summed E-state index contributed by atoms with van der Waals surface area (Å²) in [5, 5.41) is 18.8. The van der Waals surface area contributed by atoms with E-state index in [0.717, 1.165) is 33.8 Å². The van der Waals surface area contributed by atoms with E-state index in [1.54, 1.807) is 11.8 Å². The number of hydrogen-bond acceptors (Lipinski definition) is 5. The van der Waals surface area contributed by atoms with Crippen molar-refractivity contribution in [1.29, 1.82) is 10.7 Å². The number of carbonyl (C=O) groups excluding carboxylic acids is 1. The quantitative estimate of drug-likeness (QED) is 0.540. The molecule has 158 valence electrons. The van der Waals surface area contributed by atoms with Crippen molar-refractivity contribution >= 4 is 35.0 Å². The molecule has 4 rings (SSSR count). The molecule has 31 heavy (non-hydrogen) atoms. The summed E-state index contributed by atoms with van der Waals surface area (Å²) >= 11 is 7.71. The van der Waals surface area contributed by atoms with Crippen LogP contribution in [0.25, 0.3) is 0 Å². The van der Waals surface area contributed by atoms with Crippen LogP contribution in [-0.2, 0) is 15.3 Å². The molecular formula is C25H23ClN2O2S. The fraction of sp³-hybridized carbons (Fsp3) is 0.320. The van der Waals surface area contributed by atoms with Gasteiger partial charge in [0.05, 0.1) is 6.07 Å². The van der Waals surface area contributed by atoms with Crippen LogP contribution in [0.2, 0.25) is 5.02 Å². The van der Waals surface area contributed by atoms with E-state index in [0.29, 0.717) is 29.2 Å². The minimum Gasteiger partial charge on any atom is -0.446 e. The molecule has 1 aliphatic carbocycles. The van der Waals surface area contributed by atoms with E-state index in [-0.39, 0.29) is 11.7 Å². The van der Waals surface area contributed by atoms with Gasteiger partial charge in [0.1, 0.15) is 11.7 Å². The van der Waals surface area contributed by atoms with E-state index in [1.165, 1.54) is 5.56 Å². The zero-order chi connectivity index (χ0) is 22.1. The Morgan fingerprint density at radius 2 is 1.94 bits per heavy atom. The lowest BCUT2D eigenvalue weighted by molar-refractivity contribution is -0.116. The molecule has 0 aromatic heterocycles. The molecule has 0 saturated heterocycles. The molecule has 0 radical (unpaired) electrons. The highest BCUT2D eigenvalue weighted by atomic mass is 35.5. The Hall–Kier alpha value is -2.55. The fourth-order valence-electron chi connectivity index (χ4n) is 4.37. The third-order valence-electron chi connectivity index (χ3n) is 5.98. The Morgan fingerprint density at radius 3 is 2.65 bits per heavy atom. The Morgan fingerprint density at radius 1 is 1.19 bits per heavy atom. The van der Waals surface area contributed by atoms with Crippen LogP contribution in [0.1, 0.15) is 47.4 Å². The molecule has 2 unspecified atom stereocenters. The molecule has 1 aliphatic heterocycles. The number of Topliss-reactive ketones (excluding diaryl/α,β-unsaturated/α-hetero) is 1. The van der Waals surface area contributed by atoms with Crippen LogP contribution in [0.5, 0.6) is 0 Å². The third kappa shape index (κ3) is 4.28. The van der Waals surface area contributed by atoms with E-state index in [4.69, 9.17) is 21.7 Å². The molecule has 2 aliphatic rings. The number of allylic oxidation sites excluding steroid dienone is 2. The first-order valence-electron chi connectivity index (χ1n) is 10.3. The summed E-state index contributed by atoms with van der Waals surface area (Å²) in [5.74, 6) is 0.0789. The second-order valence-electron chi connectivity index (χ2n) is 8.04. The molecule has 0 spiro atoms. The summed E-state index contributed by atoms with van der Waals surface area (Å²) in [5.41, 5.74) is 4.89. The molecule has 0 saturated carbocycles. The van der Waals surface area contributed by atoms with Gasteiger partial charge < -0.3 is 4.74 Å². The third-order valence-corrected chi connectivity index (χ3v) is 7.29. The molecule has 0 bridgehead atoms. The molecule has 4 nitrogen and oxygen atoms in total. The monoisotopic (exact) mass is 450 g/mol. The normalized spacial score (nSPS) is 20.8. The largest absolute Gasteiger partial charge is 0.446 e. The van der Waals surface area contributed by atoms with Gasteiger partial charge in [0.25, 0.3) is 0 Å². The Bertz CT molecular complexity index is 1130. The van der Waals surface area contributed by atoms with Crippen molar-refractivity contribution in [3.05, 3.63) is 75.0 Å². The van der Waals surface area contributed by atoms with Crippen molar-refractivity contribution in [3.63, 3.8) is 0 Å². The van der Waals surface area contributed by atoms with E-state index < -0.39 is 11.8 Å². The molecule has 2 atom stereocenters. The lowest BCUT2D eigenvalue weighted by Crippen LogP contribution is -2.35. The Balaban J connectivity index is 1.74. The first-order chi connectivity index (χ1) is 14.9. The highest BCUT2D eigenvalue weighted by Crippen LogP contribution is 2.45. The SMILES string of the molecule is Cc1cc(C)c(C2C3=C(CCCC3=O)OC(=N)C2C#N)cc1CSc1ccc(Cl)cc1. The summed E-state index contributed by atoms with van der Waals surface area (Å²) in [6, 6.07) is 14.2. The number of carbonyl (C=O) groups is 1. The molecule has 2 aromatic rings. The lowest BCUT2D eigenvalue weighted by Gasteiger charge is -2.35. The van der Waals surface area contributed by atoms with Gasteiger partial charge in [-0.25, -0.2) is 0 Å². The average molecular weight is 451 g/mol. The molecule has 2 aromatic carbocycles. The predicted octanol–water partition coefficient (Wildman–Crippen LogP) is 6.49. The summed E-state index contributed by atoms with van der Waals surface area (Å²) in [6.45, 7) is 4.10. The predicted molar refractivity (Wildman–Crippen MR) is 123 cm³/mol. The van der Waals surface area contributed by atoms with Gasteiger partial charge >= 0.3 is 0 Å². The van der Waals surface area contributed by atoms with Crippen LogP contribution in [0.3, 0.4) is 0 Å². The second kappa shape index (κ2) is 8.90. The second-order valence-corrected chi connectivity index (χ2v) is 9.53. The number of aryl methyl sites for hydroxylation is 2. The van der Waals surface area contributed by atoms with Gasteiger partial charge in [0.2, 0.25) is 5.90 Å². The number of hydrogen-bond donors (Lipinski definition) is 1. The summed E-state index contributed by atoms with van der Waals surface area (Å²) in [7, 11) is 0. The van der Waals surface area contributed by atoms with Gasteiger partial charge in [-0.15, -0.1) is 11.8 Å². The first-order valence-corrected chi connectivity index (χ1v) is 11.7. The minimum atomic E-state index is -0.793. The van der Waals surface area contributed by atoms with Gasteiger partial charge in [-0.1, -0.05) is 23.7 Å². The highest BCUT2D eigenvalue weighted by molar-refractivity contribution is 7.98. The number of rotatable bonds is 4. The number of ether oxygens (including phenoxy) is 1. The Labute approximate surface area is 191 Å². The van der Waals surface area contributed by atoms with Crippen molar-refractivity contribution in [2.45, 2.75) is 49.7 Å². The van der Waals surface area contributed by atoms with Gasteiger partial charge in [-0.05, 0) is 66.8 Å². The number of nitrogens with one attached hydrogen (secondary N) is 1. The molecule has 1 N–H and O–H groups in total. The van der Waals surface area contributed by atoms with Crippen LogP contribution in [0.15, 0.2) is 52.6 Å². The van der Waals surface area contributed by atoms with Gasteiger partial charge in [-0.3, -0.25) is 10.2 Å². The number of halogens is 1. The summed E-state index contributed by atoms with van der Waals surface area (Å²) in [4.78, 5) is 14.0. The van der Waals surface area contributed by atoms with Crippen molar-refractivity contribution in [2.75, 3.05) is 0 Å². The van der Waals surface area contributed by atoms with Crippen LogP contribution in [0, 0.1) is 36.5 Å². The zero-order valence-corrected chi connectivity index (χ0v) is 19.1. The maximum Gasteiger partial charge on any atom is 0.205 e. The smallest absolute Gasteiger partial charge is 0.205 e. The standard InChI is InChI=1S/C25H23ClN2O2S/c1-14-10-15(2)19(11-16(14)13-31-18-8-6-17(26)7-9-18)23-20(12-27)25(28)30-22-5-3-4-21(29)24(22)23/h6-11,20,23,28H,3-5,13H2,1-2H3. The summed E-state index contributed by atoms with van der Waals surface area (Å²) < 4.78 is 5.63. The maximum atomic E-state index is 12.8. The van der Waals surface area contributed by atoms with Gasteiger partial charge in [0.15, 0.2) is 5.78 Å². The van der Waals surface area contributed by atoms with Crippen LogP contribution < -0.4 is 0 Å². The van der Waals surface area contributed by atoms with Crippen molar-refractivity contribution in [1.82, 2.24) is 0 Å². The highest BCUT2D eigenvalue weighted by Gasteiger charge is 2.43. The molecule has 1 heterocycles. The number of nitrogens with zero attached hydrogens (tertiary/aromatic N) is 1. The number of ketones is 1. The topological polar surface area (TPSA) is 73.9 Å². The minimum absolute atomic E-state index is 0.0380. The molecule has 0 fully saturated rings. The summed E-state index contributed by atoms with van der Waals surface area (Å²) in [6.07, 6.45) is 1.83. The Kier molecular flexibility index (Phi) is 6.22. The van der Waals surface area contributed by atoms with Crippen molar-refractivity contribution < 1.29 is 9.53 Å². The zero-order valence-electron chi connectivity index (χ0n) is 17.5. The fourth-order valence-corrected chi connectivity index (χ4v) is 5.46. The molecule has 0 amide bonds. The van der Waals surface area contributed by atoms with Crippen molar-refractivity contribution in [3.8, 4) is 6.07 Å². The van der Waals surface area contributed by atoms with Crippen LogP contribution in [-0.4, -0.2) is 11.7 Å². The number of thioether (sulfide) groups is 1. The van der Waals surface area contributed by atoms with Crippen LogP contribution >= 0.6 is 23.4 Å². The maximum absolute atomic E-state index is 12.8. The average Bonchev–Trinajstić information content (AvgIpc) is 2.74. The van der Waals surface area contributed by atoms with E-state index in [2.05, 4.69) is 25.1 Å². The van der Waals surface area contributed by atoms with Gasteiger partial charge in [0, 0.05) is 40.0 Å². The number of benzene rings is 2. The van der Waals surface area contributed by atoms with Gasteiger partial charge in [-0.2, -0.15) is 5.26 Å². The van der Waals surface area contributed by atoms with Crippen molar-refractivity contribution in [2.24, 2.45) is 5.92 Å². The van der Waals surface area contributed by atoms with E-state index in [1.807, 2.05) is 31.2 Å². The molecular weight excluding hydrogens is 428 g/mol. The van der Waals surface area contributed by atoms with E-state index >= 15 is 0 Å². The van der Waals surface area contributed by atoms with E-state index in [9.17, 15) is 10.1 Å². The lowest BCUT2D eigenvalue weighted by atomic mass is 9.72. The molecule has 6 heteroatoms. The first kappa shape index (κ1) is 21.7. The number of nitriles is 1. The van der Waals surface area contributed by atoms with Crippen LogP contribution in [0.4, 0.5) is 0 Å².